The van der Waals surface area contributed by atoms with Crippen molar-refractivity contribution in [1.82, 2.24) is 0 Å². The number of hydrogen-bond acceptors (Lipinski definition) is 3. The maximum atomic E-state index is 5.17. The Morgan fingerprint density at radius 1 is 1.29 bits per heavy atom. The molecule has 17 heavy (non-hydrogen) atoms. The molecule has 94 valence electrons. The molecule has 0 heterocycles. The fourth-order valence-corrected chi connectivity index (χ4v) is 2.89. The lowest BCUT2D eigenvalue weighted by Crippen LogP contribution is -2.42. The molecule has 0 aromatic heterocycles. The SMILES string of the molecule is COc1ccc(N(C)CC2(CS)CCC2)cc1. The average Bonchev–Trinajstić information content (AvgIpc) is 2.33. The van der Waals surface area contributed by atoms with Crippen LogP contribution < -0.4 is 9.64 Å². The Morgan fingerprint density at radius 3 is 2.35 bits per heavy atom. The second kappa shape index (κ2) is 5.21. The topological polar surface area (TPSA) is 12.5 Å². The van der Waals surface area contributed by atoms with Crippen LogP contribution in [0.15, 0.2) is 24.3 Å². The van der Waals surface area contributed by atoms with E-state index in [0.717, 1.165) is 18.0 Å². The molecule has 0 atom stereocenters. The molecule has 0 amide bonds. The first-order chi connectivity index (χ1) is 8.19. The van der Waals surface area contributed by atoms with Crippen molar-refractivity contribution in [3.05, 3.63) is 24.3 Å². The summed E-state index contributed by atoms with van der Waals surface area (Å²) in [5.41, 5.74) is 1.69. The van der Waals surface area contributed by atoms with Gasteiger partial charge in [0, 0.05) is 19.3 Å². The van der Waals surface area contributed by atoms with Gasteiger partial charge in [-0.2, -0.15) is 12.6 Å². The van der Waals surface area contributed by atoms with Crippen LogP contribution in [0.5, 0.6) is 5.75 Å². The highest BCUT2D eigenvalue weighted by Crippen LogP contribution is 2.42. The van der Waals surface area contributed by atoms with E-state index in [1.807, 2.05) is 12.1 Å². The van der Waals surface area contributed by atoms with E-state index < -0.39 is 0 Å². The van der Waals surface area contributed by atoms with Gasteiger partial charge in [-0.25, -0.2) is 0 Å². The van der Waals surface area contributed by atoms with Gasteiger partial charge >= 0.3 is 0 Å². The van der Waals surface area contributed by atoms with E-state index in [1.165, 1.54) is 24.9 Å². The molecule has 0 bridgehead atoms. The van der Waals surface area contributed by atoms with E-state index in [1.54, 1.807) is 7.11 Å². The van der Waals surface area contributed by atoms with Crippen molar-refractivity contribution in [1.29, 1.82) is 0 Å². The third-order valence-corrected chi connectivity index (χ3v) is 4.51. The van der Waals surface area contributed by atoms with Gasteiger partial charge in [0.25, 0.3) is 0 Å². The van der Waals surface area contributed by atoms with Crippen LogP contribution in [0.3, 0.4) is 0 Å². The Hall–Kier alpha value is -0.830. The minimum Gasteiger partial charge on any atom is -0.497 e. The zero-order chi connectivity index (χ0) is 12.3. The van der Waals surface area contributed by atoms with Gasteiger partial charge in [-0.1, -0.05) is 6.42 Å². The Bertz CT molecular complexity index is 353. The van der Waals surface area contributed by atoms with Gasteiger partial charge in [-0.15, -0.1) is 0 Å². The number of benzene rings is 1. The fraction of sp³-hybridized carbons (Fsp3) is 0.571. The molecule has 1 aliphatic carbocycles. The summed E-state index contributed by atoms with van der Waals surface area (Å²) in [4.78, 5) is 2.33. The summed E-state index contributed by atoms with van der Waals surface area (Å²) in [6.45, 7) is 1.10. The standard InChI is InChI=1S/C14H21NOS/c1-15(10-14(11-17)8-3-9-14)12-4-6-13(16-2)7-5-12/h4-7,17H,3,8-11H2,1-2H3. The Balaban J connectivity index is 2.01. The number of ether oxygens (including phenoxy) is 1. The monoisotopic (exact) mass is 251 g/mol. The molecule has 0 radical (unpaired) electrons. The predicted octanol–water partition coefficient (Wildman–Crippen LogP) is 3.23. The molecule has 1 fully saturated rings. The van der Waals surface area contributed by atoms with Crippen LogP contribution in [0.4, 0.5) is 5.69 Å². The molecule has 0 spiro atoms. The Labute approximate surface area is 109 Å². The van der Waals surface area contributed by atoms with Crippen LogP contribution in [-0.4, -0.2) is 26.5 Å². The fourth-order valence-electron chi connectivity index (χ4n) is 2.47. The Kier molecular flexibility index (Phi) is 3.87. The van der Waals surface area contributed by atoms with Gasteiger partial charge in [-0.3, -0.25) is 0 Å². The average molecular weight is 251 g/mol. The van der Waals surface area contributed by atoms with E-state index >= 15 is 0 Å². The van der Waals surface area contributed by atoms with Crippen molar-refractivity contribution in [2.75, 3.05) is 31.4 Å². The molecule has 0 aliphatic heterocycles. The largest absolute Gasteiger partial charge is 0.497 e. The maximum absolute atomic E-state index is 5.17. The normalized spacial score (nSPS) is 17.4. The molecule has 1 saturated carbocycles. The minimum atomic E-state index is 0.442. The Morgan fingerprint density at radius 2 is 1.94 bits per heavy atom. The molecule has 2 nitrogen and oxygen atoms in total. The van der Waals surface area contributed by atoms with Gasteiger partial charge in [0.1, 0.15) is 5.75 Å². The zero-order valence-electron chi connectivity index (χ0n) is 10.6. The number of anilines is 1. The second-order valence-electron chi connectivity index (χ2n) is 5.07. The first-order valence-electron chi connectivity index (χ1n) is 6.15. The van der Waals surface area contributed by atoms with Crippen molar-refractivity contribution in [3.8, 4) is 5.75 Å². The number of nitrogens with zero attached hydrogens (tertiary/aromatic N) is 1. The van der Waals surface area contributed by atoms with Gasteiger partial charge in [-0.05, 0) is 48.3 Å². The molecule has 1 aromatic carbocycles. The summed E-state index contributed by atoms with van der Waals surface area (Å²) in [6.07, 6.45) is 3.99. The third-order valence-electron chi connectivity index (χ3n) is 3.84. The lowest BCUT2D eigenvalue weighted by Gasteiger charge is -2.44. The molecule has 2 rings (SSSR count). The van der Waals surface area contributed by atoms with Crippen molar-refractivity contribution in [3.63, 3.8) is 0 Å². The van der Waals surface area contributed by atoms with Crippen molar-refractivity contribution in [2.24, 2.45) is 5.41 Å². The molecule has 0 N–H and O–H groups in total. The van der Waals surface area contributed by atoms with Crippen LogP contribution in [0.25, 0.3) is 0 Å². The summed E-state index contributed by atoms with van der Waals surface area (Å²) >= 11 is 4.50. The zero-order valence-corrected chi connectivity index (χ0v) is 11.5. The highest BCUT2D eigenvalue weighted by atomic mass is 32.1. The predicted molar refractivity (Wildman–Crippen MR) is 76.4 cm³/mol. The van der Waals surface area contributed by atoms with Crippen LogP contribution in [0.1, 0.15) is 19.3 Å². The summed E-state index contributed by atoms with van der Waals surface area (Å²) in [6, 6.07) is 8.26. The van der Waals surface area contributed by atoms with Gasteiger partial charge in [0.2, 0.25) is 0 Å². The highest BCUT2D eigenvalue weighted by molar-refractivity contribution is 7.80. The summed E-state index contributed by atoms with van der Waals surface area (Å²) in [7, 11) is 3.86. The van der Waals surface area contributed by atoms with Crippen LogP contribution in [0, 0.1) is 5.41 Å². The van der Waals surface area contributed by atoms with E-state index in [-0.39, 0.29) is 0 Å². The summed E-state index contributed by atoms with van der Waals surface area (Å²) < 4.78 is 5.17. The van der Waals surface area contributed by atoms with Crippen molar-refractivity contribution >= 4 is 18.3 Å². The second-order valence-corrected chi connectivity index (χ2v) is 5.38. The quantitative estimate of drug-likeness (QED) is 0.807. The van der Waals surface area contributed by atoms with Gasteiger partial charge < -0.3 is 9.64 Å². The molecular formula is C14H21NOS. The van der Waals surface area contributed by atoms with Crippen LogP contribution >= 0.6 is 12.6 Å². The number of hydrogen-bond donors (Lipinski definition) is 1. The first kappa shape index (κ1) is 12.6. The van der Waals surface area contributed by atoms with Crippen molar-refractivity contribution < 1.29 is 4.74 Å². The van der Waals surface area contributed by atoms with Crippen LogP contribution in [-0.2, 0) is 0 Å². The van der Waals surface area contributed by atoms with E-state index in [4.69, 9.17) is 4.74 Å². The maximum Gasteiger partial charge on any atom is 0.119 e. The molecule has 0 saturated heterocycles. The summed E-state index contributed by atoms with van der Waals surface area (Å²) in [5.74, 6) is 1.91. The van der Waals surface area contributed by atoms with Crippen molar-refractivity contribution in [2.45, 2.75) is 19.3 Å². The smallest absolute Gasteiger partial charge is 0.119 e. The van der Waals surface area contributed by atoms with E-state index in [0.29, 0.717) is 5.41 Å². The van der Waals surface area contributed by atoms with Crippen LogP contribution in [0.2, 0.25) is 0 Å². The minimum absolute atomic E-state index is 0.442. The first-order valence-corrected chi connectivity index (χ1v) is 6.78. The number of methoxy groups -OCH3 is 1. The van der Waals surface area contributed by atoms with Gasteiger partial charge in [0.05, 0.1) is 7.11 Å². The van der Waals surface area contributed by atoms with Gasteiger partial charge in [0.15, 0.2) is 0 Å². The molecule has 1 aromatic rings. The number of thiol groups is 1. The highest BCUT2D eigenvalue weighted by Gasteiger charge is 2.36. The van der Waals surface area contributed by atoms with E-state index in [2.05, 4.69) is 36.7 Å². The molecule has 3 heteroatoms. The molecule has 0 unspecified atom stereocenters. The molecular weight excluding hydrogens is 230 g/mol. The molecule has 1 aliphatic rings. The lowest BCUT2D eigenvalue weighted by molar-refractivity contribution is 0.178. The summed E-state index contributed by atoms with van der Waals surface area (Å²) in [5, 5.41) is 0. The number of rotatable bonds is 5. The lowest BCUT2D eigenvalue weighted by atomic mass is 9.70. The third kappa shape index (κ3) is 2.71. The van der Waals surface area contributed by atoms with E-state index in [9.17, 15) is 0 Å².